The number of nitrogens with zero attached hydrogens (tertiary/aromatic N) is 2. The Bertz CT molecular complexity index is 470. The van der Waals surface area contributed by atoms with E-state index in [1.54, 1.807) is 19.1 Å². The van der Waals surface area contributed by atoms with Crippen LogP contribution in [-0.2, 0) is 9.59 Å². The number of amides is 2. The molecule has 0 unspecified atom stereocenters. The fourth-order valence-corrected chi connectivity index (χ4v) is 1.28. The molecule has 2 amide bonds. The second-order valence-corrected chi connectivity index (χ2v) is 3.47. The van der Waals surface area contributed by atoms with Gasteiger partial charge in [-0.05, 0) is 31.5 Å². The van der Waals surface area contributed by atoms with Crippen molar-refractivity contribution >= 4 is 17.6 Å². The van der Waals surface area contributed by atoms with Crippen LogP contribution in [0, 0.1) is 25.2 Å². The van der Waals surface area contributed by atoms with Crippen LogP contribution in [0.2, 0.25) is 0 Å². The summed E-state index contributed by atoms with van der Waals surface area (Å²) in [5.74, 6) is -1.37. The van der Waals surface area contributed by atoms with Gasteiger partial charge in [-0.25, -0.2) is 4.98 Å². The van der Waals surface area contributed by atoms with Gasteiger partial charge in [0.15, 0.2) is 0 Å². The molecule has 0 spiro atoms. The van der Waals surface area contributed by atoms with E-state index in [0.717, 1.165) is 11.3 Å². The Morgan fingerprint density at radius 3 is 2.65 bits per heavy atom. The largest absolute Gasteiger partial charge is 0.335 e. The molecule has 0 bridgehead atoms. The number of hydrogen-bond acceptors (Lipinski definition) is 4. The topological polar surface area (TPSA) is 94.9 Å². The fraction of sp³-hybridized carbons (Fsp3) is 0.273. The number of pyridine rings is 1. The highest BCUT2D eigenvalue weighted by Crippen LogP contribution is 2.08. The predicted molar refractivity (Wildman–Crippen MR) is 61.0 cm³/mol. The summed E-state index contributed by atoms with van der Waals surface area (Å²) in [4.78, 5) is 26.6. The zero-order chi connectivity index (χ0) is 12.8. The smallest absolute Gasteiger partial charge is 0.314 e. The standard InChI is InChI=1S/C11H12N4O2/c1-7-5-8(2)14-9(6-7)15-11(17)10(16)13-4-3-12/h5-6H,4H2,1-2H3,(H,13,16)(H,14,15,17). The quantitative estimate of drug-likeness (QED) is 0.565. The number of aromatic nitrogens is 1. The lowest BCUT2D eigenvalue weighted by Crippen LogP contribution is -2.35. The second-order valence-electron chi connectivity index (χ2n) is 3.47. The summed E-state index contributed by atoms with van der Waals surface area (Å²) < 4.78 is 0. The van der Waals surface area contributed by atoms with E-state index in [0.29, 0.717) is 5.82 Å². The first-order valence-corrected chi connectivity index (χ1v) is 4.94. The van der Waals surface area contributed by atoms with Crippen molar-refractivity contribution in [3.05, 3.63) is 23.4 Å². The molecule has 0 saturated carbocycles. The summed E-state index contributed by atoms with van der Waals surface area (Å²) in [6.45, 7) is 3.45. The van der Waals surface area contributed by atoms with E-state index in [1.807, 2.05) is 13.0 Å². The SMILES string of the molecule is Cc1cc(C)nc(NC(=O)C(=O)NCC#N)c1. The number of hydrogen-bond donors (Lipinski definition) is 2. The van der Waals surface area contributed by atoms with E-state index in [9.17, 15) is 9.59 Å². The molecular formula is C11H12N4O2. The Morgan fingerprint density at radius 2 is 2.06 bits per heavy atom. The summed E-state index contributed by atoms with van der Waals surface area (Å²) in [5, 5.41) is 12.8. The average molecular weight is 232 g/mol. The highest BCUT2D eigenvalue weighted by Gasteiger charge is 2.13. The van der Waals surface area contributed by atoms with Crippen LogP contribution in [0.4, 0.5) is 5.82 Å². The summed E-state index contributed by atoms with van der Waals surface area (Å²) in [7, 11) is 0. The van der Waals surface area contributed by atoms with Crippen molar-refractivity contribution in [3.8, 4) is 6.07 Å². The first-order chi connectivity index (χ1) is 8.02. The number of nitriles is 1. The Morgan fingerprint density at radius 1 is 1.35 bits per heavy atom. The maximum atomic E-state index is 11.4. The lowest BCUT2D eigenvalue weighted by Gasteiger charge is -2.05. The molecule has 0 fully saturated rings. The molecule has 2 N–H and O–H groups in total. The minimum Gasteiger partial charge on any atom is -0.335 e. The lowest BCUT2D eigenvalue weighted by atomic mass is 10.2. The summed E-state index contributed by atoms with van der Waals surface area (Å²) in [6, 6.07) is 5.22. The number of aryl methyl sites for hydroxylation is 2. The van der Waals surface area contributed by atoms with Crippen LogP contribution in [0.25, 0.3) is 0 Å². The van der Waals surface area contributed by atoms with E-state index in [1.165, 1.54) is 0 Å². The van der Waals surface area contributed by atoms with E-state index < -0.39 is 11.8 Å². The number of nitrogens with one attached hydrogen (secondary N) is 2. The van der Waals surface area contributed by atoms with E-state index >= 15 is 0 Å². The molecule has 0 saturated heterocycles. The maximum absolute atomic E-state index is 11.4. The zero-order valence-corrected chi connectivity index (χ0v) is 9.57. The van der Waals surface area contributed by atoms with Crippen LogP contribution in [0.1, 0.15) is 11.3 Å². The minimum atomic E-state index is -0.854. The van der Waals surface area contributed by atoms with Gasteiger partial charge in [0.25, 0.3) is 0 Å². The van der Waals surface area contributed by atoms with Crippen molar-refractivity contribution in [3.63, 3.8) is 0 Å². The van der Waals surface area contributed by atoms with Gasteiger partial charge in [0.05, 0.1) is 6.07 Å². The molecule has 1 aromatic heterocycles. The molecule has 0 radical (unpaired) electrons. The lowest BCUT2D eigenvalue weighted by molar-refractivity contribution is -0.136. The Hall–Kier alpha value is -2.42. The van der Waals surface area contributed by atoms with Crippen molar-refractivity contribution in [2.75, 3.05) is 11.9 Å². The summed E-state index contributed by atoms with van der Waals surface area (Å²) in [6.07, 6.45) is 0. The second kappa shape index (κ2) is 5.61. The van der Waals surface area contributed by atoms with Gasteiger partial charge in [0.1, 0.15) is 12.4 Å². The van der Waals surface area contributed by atoms with Crippen molar-refractivity contribution in [1.29, 1.82) is 5.26 Å². The normalized spacial score (nSPS) is 9.24. The molecule has 0 atom stereocenters. The third-order valence-electron chi connectivity index (χ3n) is 1.87. The molecular weight excluding hydrogens is 220 g/mol. The summed E-state index contributed by atoms with van der Waals surface area (Å²) in [5.41, 5.74) is 1.68. The number of rotatable bonds is 2. The number of carbonyl (C=O) groups excluding carboxylic acids is 2. The Labute approximate surface area is 98.7 Å². The van der Waals surface area contributed by atoms with Gasteiger partial charge in [0.2, 0.25) is 0 Å². The molecule has 17 heavy (non-hydrogen) atoms. The fourth-order valence-electron chi connectivity index (χ4n) is 1.28. The minimum absolute atomic E-state index is 0.202. The Balaban J connectivity index is 2.68. The van der Waals surface area contributed by atoms with Crippen molar-refractivity contribution in [2.45, 2.75) is 13.8 Å². The predicted octanol–water partition coefficient (Wildman–Crippen LogP) is 0.277. The number of carbonyl (C=O) groups is 2. The Kier molecular flexibility index (Phi) is 4.17. The first-order valence-electron chi connectivity index (χ1n) is 4.94. The first kappa shape index (κ1) is 12.6. The van der Waals surface area contributed by atoms with Crippen LogP contribution in [-0.4, -0.2) is 23.3 Å². The van der Waals surface area contributed by atoms with E-state index in [-0.39, 0.29) is 6.54 Å². The molecule has 88 valence electrons. The van der Waals surface area contributed by atoms with Gasteiger partial charge in [-0.1, -0.05) is 0 Å². The summed E-state index contributed by atoms with van der Waals surface area (Å²) >= 11 is 0. The monoisotopic (exact) mass is 232 g/mol. The van der Waals surface area contributed by atoms with Gasteiger partial charge >= 0.3 is 11.8 Å². The van der Waals surface area contributed by atoms with Crippen LogP contribution in [0.5, 0.6) is 0 Å². The van der Waals surface area contributed by atoms with Crippen molar-refractivity contribution < 1.29 is 9.59 Å². The van der Waals surface area contributed by atoms with Gasteiger partial charge in [-0.3, -0.25) is 9.59 Å². The molecule has 0 aromatic carbocycles. The molecule has 0 aliphatic carbocycles. The average Bonchev–Trinajstić information content (AvgIpc) is 2.24. The van der Waals surface area contributed by atoms with Gasteiger partial charge in [-0.2, -0.15) is 5.26 Å². The van der Waals surface area contributed by atoms with Gasteiger partial charge < -0.3 is 10.6 Å². The van der Waals surface area contributed by atoms with Crippen LogP contribution in [0.3, 0.4) is 0 Å². The van der Waals surface area contributed by atoms with Crippen LogP contribution in [0.15, 0.2) is 12.1 Å². The third kappa shape index (κ3) is 3.91. The molecule has 1 aromatic rings. The molecule has 6 heteroatoms. The highest BCUT2D eigenvalue weighted by atomic mass is 16.2. The molecule has 0 aliphatic heterocycles. The van der Waals surface area contributed by atoms with Crippen LogP contribution < -0.4 is 10.6 Å². The zero-order valence-electron chi connectivity index (χ0n) is 9.57. The van der Waals surface area contributed by atoms with E-state index in [4.69, 9.17) is 5.26 Å². The molecule has 0 aliphatic rings. The number of anilines is 1. The molecule has 1 rings (SSSR count). The van der Waals surface area contributed by atoms with E-state index in [2.05, 4.69) is 15.6 Å². The van der Waals surface area contributed by atoms with Gasteiger partial charge in [0, 0.05) is 5.69 Å². The van der Waals surface area contributed by atoms with Crippen LogP contribution >= 0.6 is 0 Å². The molecule has 6 nitrogen and oxygen atoms in total. The van der Waals surface area contributed by atoms with Crippen molar-refractivity contribution in [2.24, 2.45) is 0 Å². The highest BCUT2D eigenvalue weighted by molar-refractivity contribution is 6.39. The van der Waals surface area contributed by atoms with Gasteiger partial charge in [-0.15, -0.1) is 0 Å². The maximum Gasteiger partial charge on any atom is 0.314 e. The van der Waals surface area contributed by atoms with Crippen molar-refractivity contribution in [1.82, 2.24) is 10.3 Å². The third-order valence-corrected chi connectivity index (χ3v) is 1.87. The molecule has 1 heterocycles.